The van der Waals surface area contributed by atoms with E-state index in [9.17, 15) is 18.3 Å². The number of hydrogen-bond acceptors (Lipinski definition) is 5. The molecule has 2 rings (SSSR count). The van der Waals surface area contributed by atoms with Gasteiger partial charge in [0.1, 0.15) is 15.5 Å². The standard InChI is InChI=1S/C12H10BrNO5S2/c1-6-2-3-7(4-8(6)15)14-21(18,19)10-5-9(12(16)17)20-11(10)13/h2-5,14-15H,1H3,(H,16,17). The predicted molar refractivity (Wildman–Crippen MR) is 82.6 cm³/mol. The zero-order chi connectivity index (χ0) is 15.8. The number of thiophene rings is 1. The van der Waals surface area contributed by atoms with Crippen molar-refractivity contribution in [3.8, 4) is 5.75 Å². The van der Waals surface area contributed by atoms with Gasteiger partial charge in [0, 0.05) is 6.07 Å². The second-order valence-corrected chi connectivity index (χ2v) is 8.18. The smallest absolute Gasteiger partial charge is 0.345 e. The lowest BCUT2D eigenvalue weighted by Gasteiger charge is -2.08. The van der Waals surface area contributed by atoms with Gasteiger partial charge in [-0.1, -0.05) is 6.07 Å². The van der Waals surface area contributed by atoms with Crippen molar-refractivity contribution >= 4 is 48.9 Å². The van der Waals surface area contributed by atoms with Crippen LogP contribution in [0.1, 0.15) is 15.2 Å². The molecule has 3 N–H and O–H groups in total. The normalized spacial score (nSPS) is 11.3. The number of halogens is 1. The quantitative estimate of drug-likeness (QED) is 0.742. The fourth-order valence-corrected chi connectivity index (χ4v) is 4.98. The van der Waals surface area contributed by atoms with E-state index in [1.54, 1.807) is 13.0 Å². The van der Waals surface area contributed by atoms with E-state index in [2.05, 4.69) is 20.7 Å². The number of aromatic carboxylic acids is 1. The predicted octanol–water partition coefficient (Wildman–Crippen LogP) is 3.02. The number of carbonyl (C=O) groups is 1. The maximum Gasteiger partial charge on any atom is 0.345 e. The maximum absolute atomic E-state index is 12.2. The summed E-state index contributed by atoms with van der Waals surface area (Å²) in [5.74, 6) is -1.24. The van der Waals surface area contributed by atoms with E-state index in [0.29, 0.717) is 5.56 Å². The SMILES string of the molecule is Cc1ccc(NS(=O)(=O)c2cc(C(=O)O)sc2Br)cc1O. The summed E-state index contributed by atoms with van der Waals surface area (Å²) in [6.07, 6.45) is 0. The number of carboxylic acid groups (broad SMARTS) is 1. The Hall–Kier alpha value is -1.58. The molecule has 0 bridgehead atoms. The number of hydrogen-bond donors (Lipinski definition) is 3. The Kier molecular flexibility index (Phi) is 4.26. The van der Waals surface area contributed by atoms with E-state index >= 15 is 0 Å². The molecule has 0 aliphatic rings. The Labute approximate surface area is 133 Å². The van der Waals surface area contributed by atoms with Crippen LogP contribution < -0.4 is 4.72 Å². The lowest BCUT2D eigenvalue weighted by Crippen LogP contribution is -2.12. The molecule has 6 nitrogen and oxygen atoms in total. The van der Waals surface area contributed by atoms with Crippen molar-refractivity contribution in [2.45, 2.75) is 11.8 Å². The number of aryl methyl sites for hydroxylation is 1. The number of phenolic OH excluding ortho intramolecular Hbond substituents is 1. The molecule has 0 aliphatic carbocycles. The van der Waals surface area contributed by atoms with Gasteiger partial charge in [-0.15, -0.1) is 11.3 Å². The van der Waals surface area contributed by atoms with Crippen LogP contribution >= 0.6 is 27.3 Å². The van der Waals surface area contributed by atoms with E-state index in [1.807, 2.05) is 0 Å². The van der Waals surface area contributed by atoms with Crippen LogP contribution in [0.25, 0.3) is 0 Å². The molecule has 0 radical (unpaired) electrons. The fourth-order valence-electron chi connectivity index (χ4n) is 1.52. The number of benzene rings is 1. The number of nitrogens with one attached hydrogen (secondary N) is 1. The molecule has 1 heterocycles. The van der Waals surface area contributed by atoms with Crippen molar-refractivity contribution in [1.29, 1.82) is 0 Å². The van der Waals surface area contributed by atoms with Gasteiger partial charge in [-0.25, -0.2) is 13.2 Å². The van der Waals surface area contributed by atoms with Gasteiger partial charge in [0.05, 0.1) is 9.47 Å². The Bertz CT molecular complexity index is 813. The summed E-state index contributed by atoms with van der Waals surface area (Å²) in [5, 5.41) is 18.5. The molecule has 21 heavy (non-hydrogen) atoms. The number of carboxylic acids is 1. The van der Waals surface area contributed by atoms with Crippen LogP contribution in [-0.2, 0) is 10.0 Å². The van der Waals surface area contributed by atoms with Crippen molar-refractivity contribution in [1.82, 2.24) is 0 Å². The van der Waals surface area contributed by atoms with Gasteiger partial charge in [0.15, 0.2) is 0 Å². The summed E-state index contributed by atoms with van der Waals surface area (Å²) in [6, 6.07) is 5.43. The summed E-state index contributed by atoms with van der Waals surface area (Å²) in [7, 11) is -3.95. The van der Waals surface area contributed by atoms with Gasteiger partial charge in [-0.2, -0.15) is 0 Å². The molecule has 0 atom stereocenters. The minimum atomic E-state index is -3.95. The maximum atomic E-state index is 12.2. The molecule has 0 saturated heterocycles. The van der Waals surface area contributed by atoms with Gasteiger partial charge >= 0.3 is 5.97 Å². The highest BCUT2D eigenvalue weighted by molar-refractivity contribution is 9.11. The van der Waals surface area contributed by atoms with Crippen molar-refractivity contribution in [2.24, 2.45) is 0 Å². The molecule has 0 aliphatic heterocycles. The first kappa shape index (κ1) is 15.8. The van der Waals surface area contributed by atoms with E-state index in [4.69, 9.17) is 5.11 Å². The highest BCUT2D eigenvalue weighted by Gasteiger charge is 2.23. The van der Waals surface area contributed by atoms with Gasteiger partial charge in [0.25, 0.3) is 10.0 Å². The van der Waals surface area contributed by atoms with Crippen molar-refractivity contribution < 1.29 is 23.4 Å². The molecule has 9 heteroatoms. The number of anilines is 1. The van der Waals surface area contributed by atoms with Gasteiger partial charge < -0.3 is 10.2 Å². The average molecular weight is 392 g/mol. The molecule has 0 saturated carbocycles. The van der Waals surface area contributed by atoms with Crippen molar-refractivity contribution in [2.75, 3.05) is 4.72 Å². The topological polar surface area (TPSA) is 104 Å². The van der Waals surface area contributed by atoms with Gasteiger partial charge in [-0.05, 0) is 40.5 Å². The molecule has 1 aromatic carbocycles. The zero-order valence-corrected chi connectivity index (χ0v) is 13.8. The summed E-state index contributed by atoms with van der Waals surface area (Å²) in [6.45, 7) is 1.68. The molecular weight excluding hydrogens is 382 g/mol. The molecule has 2 aromatic rings. The number of phenols is 1. The molecule has 0 fully saturated rings. The van der Waals surface area contributed by atoms with Crippen LogP contribution in [0.15, 0.2) is 32.9 Å². The fraction of sp³-hybridized carbons (Fsp3) is 0.0833. The molecule has 0 spiro atoms. The van der Waals surface area contributed by atoms with E-state index in [1.165, 1.54) is 12.1 Å². The van der Waals surface area contributed by atoms with Crippen LogP contribution in [-0.4, -0.2) is 24.6 Å². The third kappa shape index (κ3) is 3.36. The summed E-state index contributed by atoms with van der Waals surface area (Å²) in [4.78, 5) is 10.6. The third-order valence-electron chi connectivity index (χ3n) is 2.62. The average Bonchev–Trinajstić information content (AvgIpc) is 2.77. The molecule has 112 valence electrons. The third-order valence-corrected chi connectivity index (χ3v) is 6.24. The summed E-state index contributed by atoms with van der Waals surface area (Å²) in [5.41, 5.74) is 0.802. The van der Waals surface area contributed by atoms with Gasteiger partial charge in [0.2, 0.25) is 0 Å². The van der Waals surface area contributed by atoms with Crippen LogP contribution in [0.5, 0.6) is 5.75 Å². The van der Waals surface area contributed by atoms with Crippen LogP contribution in [0, 0.1) is 6.92 Å². The van der Waals surface area contributed by atoms with E-state index < -0.39 is 16.0 Å². The largest absolute Gasteiger partial charge is 0.508 e. The lowest BCUT2D eigenvalue weighted by molar-refractivity contribution is 0.0702. The van der Waals surface area contributed by atoms with Gasteiger partial charge in [-0.3, -0.25) is 4.72 Å². The minimum Gasteiger partial charge on any atom is -0.508 e. The Morgan fingerprint density at radius 3 is 2.52 bits per heavy atom. The second-order valence-electron chi connectivity index (χ2n) is 4.16. The Morgan fingerprint density at radius 1 is 1.33 bits per heavy atom. The summed E-state index contributed by atoms with van der Waals surface area (Å²) < 4.78 is 27.0. The minimum absolute atomic E-state index is 0.0363. The number of sulfonamides is 1. The van der Waals surface area contributed by atoms with Crippen LogP contribution in [0.3, 0.4) is 0 Å². The highest BCUT2D eigenvalue weighted by atomic mass is 79.9. The van der Waals surface area contributed by atoms with Crippen LogP contribution in [0.4, 0.5) is 5.69 Å². The van der Waals surface area contributed by atoms with Crippen molar-refractivity contribution in [3.05, 3.63) is 38.5 Å². The molecule has 1 aromatic heterocycles. The number of rotatable bonds is 4. The second kappa shape index (κ2) is 5.66. The first-order chi connectivity index (χ1) is 9.70. The molecule has 0 unspecified atom stereocenters. The summed E-state index contributed by atoms with van der Waals surface area (Å²) >= 11 is 3.86. The monoisotopic (exact) mass is 391 g/mol. The zero-order valence-electron chi connectivity index (χ0n) is 10.6. The first-order valence-electron chi connectivity index (χ1n) is 5.56. The van der Waals surface area contributed by atoms with Crippen LogP contribution in [0.2, 0.25) is 0 Å². The first-order valence-corrected chi connectivity index (χ1v) is 8.65. The molecule has 0 amide bonds. The lowest BCUT2D eigenvalue weighted by atomic mass is 10.2. The van der Waals surface area contributed by atoms with E-state index in [-0.39, 0.29) is 25.0 Å². The number of aromatic hydroxyl groups is 1. The van der Waals surface area contributed by atoms with Crippen molar-refractivity contribution in [3.63, 3.8) is 0 Å². The Morgan fingerprint density at radius 2 is 2.00 bits per heavy atom. The highest BCUT2D eigenvalue weighted by Crippen LogP contribution is 2.33. The Balaban J connectivity index is 2.38. The molecular formula is C12H10BrNO5S2. The van der Waals surface area contributed by atoms with E-state index in [0.717, 1.165) is 17.4 Å².